The van der Waals surface area contributed by atoms with Gasteiger partial charge in [-0.15, -0.1) is 0 Å². The third kappa shape index (κ3) is 10.3. The number of para-hydroxylation sites is 3. The first-order chi connectivity index (χ1) is 40.1. The highest BCUT2D eigenvalue weighted by Gasteiger charge is 2.39. The number of nitrogens with zero attached hydrogens (tertiary/aromatic N) is 4. The summed E-state index contributed by atoms with van der Waals surface area (Å²) in [5, 5.41) is 2.19. The van der Waals surface area contributed by atoms with Crippen LogP contribution in [0.1, 0.15) is 153 Å². The molecule has 0 spiro atoms. The highest BCUT2D eigenvalue weighted by atomic mass is 16.5. The van der Waals surface area contributed by atoms with Crippen molar-refractivity contribution in [2.24, 2.45) is 5.92 Å². The second-order valence-electron chi connectivity index (χ2n) is 28.3. The molecule has 3 heterocycles. The average molecular weight is 1100 g/mol. The van der Waals surface area contributed by atoms with E-state index in [-0.39, 0.29) is 33.0 Å². The van der Waals surface area contributed by atoms with Crippen molar-refractivity contribution in [3.05, 3.63) is 216 Å². The number of hydrogen-bond acceptors (Lipinski definition) is 4. The molecule has 0 N–H and O–H groups in total. The van der Waals surface area contributed by atoms with Crippen molar-refractivity contribution in [1.82, 2.24) is 9.55 Å². The summed E-state index contributed by atoms with van der Waals surface area (Å²) in [4.78, 5) is 10.3. The number of rotatable bonds is 10. The van der Waals surface area contributed by atoms with E-state index in [2.05, 4.69) is 268 Å². The van der Waals surface area contributed by atoms with Crippen LogP contribution in [0.15, 0.2) is 182 Å². The van der Waals surface area contributed by atoms with Crippen molar-refractivity contribution in [2.45, 2.75) is 150 Å². The number of aromatic nitrogens is 2. The SMILES string of the molecule is [2H]C([2H])(c1cc(-n2c3ccc(C(C)(C)C)cc3c3ccc(Oc4cccc(N5CN(c6c(-c7ccccc7)cccc6-c6cc(C(C)(C)C)cc(C(C)(C)C)c6)c6ccccc65)c4)cc32)ncc1-c1cccc2c1C(C)(C)CCC2(C)C)C(C)C. The predicted molar refractivity (Wildman–Crippen MR) is 353 cm³/mol. The summed E-state index contributed by atoms with van der Waals surface area (Å²) in [6.07, 6.45) is 2.43. The Kier molecular flexibility index (Phi) is 13.1. The van der Waals surface area contributed by atoms with Crippen LogP contribution in [-0.4, -0.2) is 16.2 Å². The molecular weight excluding hydrogens is 1010 g/mol. The van der Waals surface area contributed by atoms with Gasteiger partial charge in [0.15, 0.2) is 0 Å². The maximum absolute atomic E-state index is 9.85. The molecule has 8 aromatic carbocycles. The highest BCUT2D eigenvalue weighted by Crippen LogP contribution is 2.53. The molecular formula is C78H84N4O. The molecule has 0 radical (unpaired) electrons. The van der Waals surface area contributed by atoms with E-state index in [1.54, 1.807) is 0 Å². The summed E-state index contributed by atoms with van der Waals surface area (Å²) < 4.78 is 28.9. The van der Waals surface area contributed by atoms with Crippen molar-refractivity contribution in [3.8, 4) is 50.7 Å². The van der Waals surface area contributed by atoms with Crippen molar-refractivity contribution < 1.29 is 7.48 Å². The largest absolute Gasteiger partial charge is 0.457 e. The van der Waals surface area contributed by atoms with Crippen LogP contribution >= 0.6 is 0 Å². The maximum atomic E-state index is 9.85. The lowest BCUT2D eigenvalue weighted by Crippen LogP contribution is -2.34. The van der Waals surface area contributed by atoms with Crippen LogP contribution in [0.3, 0.4) is 0 Å². The van der Waals surface area contributed by atoms with Crippen molar-refractivity contribution >= 4 is 44.6 Å². The summed E-state index contributed by atoms with van der Waals surface area (Å²) in [6, 6.07) is 64.0. The smallest absolute Gasteiger partial charge is 0.137 e. The van der Waals surface area contributed by atoms with Gasteiger partial charge in [-0.05, 0) is 157 Å². The highest BCUT2D eigenvalue weighted by molar-refractivity contribution is 6.10. The van der Waals surface area contributed by atoms with Gasteiger partial charge in [0.1, 0.15) is 24.0 Å². The Morgan fingerprint density at radius 3 is 1.82 bits per heavy atom. The van der Waals surface area contributed by atoms with Crippen molar-refractivity contribution in [3.63, 3.8) is 0 Å². The zero-order chi connectivity index (χ0) is 60.3. The first-order valence-electron chi connectivity index (χ1n) is 31.1. The third-order valence-corrected chi connectivity index (χ3v) is 17.8. The van der Waals surface area contributed by atoms with E-state index >= 15 is 0 Å². The normalized spacial score (nSPS) is 15.6. The second-order valence-corrected chi connectivity index (χ2v) is 28.3. The van der Waals surface area contributed by atoms with Crippen molar-refractivity contribution in [2.75, 3.05) is 16.5 Å². The molecule has 0 saturated heterocycles. The lowest BCUT2D eigenvalue weighted by Gasteiger charge is -2.43. The number of fused-ring (bicyclic) bond motifs is 5. The van der Waals surface area contributed by atoms with E-state index in [1.807, 2.05) is 32.2 Å². The molecule has 12 rings (SSSR count). The minimum atomic E-state index is -1.67. The molecule has 5 heteroatoms. The molecule has 10 aromatic rings. The van der Waals surface area contributed by atoms with Crippen molar-refractivity contribution in [1.29, 1.82) is 0 Å². The van der Waals surface area contributed by atoms with Gasteiger partial charge in [-0.2, -0.15) is 0 Å². The van der Waals surface area contributed by atoms with Gasteiger partial charge in [-0.1, -0.05) is 213 Å². The predicted octanol–water partition coefficient (Wildman–Crippen LogP) is 21.7. The van der Waals surface area contributed by atoms with E-state index < -0.39 is 6.37 Å². The average Bonchev–Trinajstić information content (AvgIpc) is 1.94. The van der Waals surface area contributed by atoms with Crippen LogP contribution in [0.25, 0.3) is 61.0 Å². The summed E-state index contributed by atoms with van der Waals surface area (Å²) in [7, 11) is 0. The van der Waals surface area contributed by atoms with Gasteiger partial charge < -0.3 is 14.5 Å². The van der Waals surface area contributed by atoms with E-state index in [0.717, 1.165) is 68.6 Å². The van der Waals surface area contributed by atoms with E-state index in [1.165, 1.54) is 55.8 Å². The molecule has 5 nitrogen and oxygen atoms in total. The fraction of sp³-hybridized carbons (Fsp3) is 0.321. The maximum Gasteiger partial charge on any atom is 0.137 e. The Morgan fingerprint density at radius 2 is 1.13 bits per heavy atom. The minimum Gasteiger partial charge on any atom is -0.457 e. The molecule has 422 valence electrons. The Morgan fingerprint density at radius 1 is 0.518 bits per heavy atom. The van der Waals surface area contributed by atoms with E-state index in [0.29, 0.717) is 23.8 Å². The number of ether oxygens (including phenoxy) is 1. The van der Waals surface area contributed by atoms with Crippen LogP contribution in [0.5, 0.6) is 11.5 Å². The standard InChI is InChI=1S/C78H84N4O/c1-50(2)40-52-43-71(79-48-65(52)63-30-23-31-66-72(63)78(14,15)39-38-77(66,12)13)82-67-37-34-54(74(3,4)5)45-64(67)62-36-35-59(47-70(62)82)83-58-27-21-26-57(46-58)80-49-81(69-33-20-19-32-68(69)80)73-60(51-24-17-16-18-25-51)28-22-29-61(73)53-41-55(75(6,7)8)44-56(42-53)76(9,10)11/h16-37,41-48,50H,38-40,49H2,1-15H3/i40D2. The van der Waals surface area contributed by atoms with Gasteiger partial charge in [0.25, 0.3) is 0 Å². The molecule has 0 amide bonds. The third-order valence-electron chi connectivity index (χ3n) is 17.8. The molecule has 0 bridgehead atoms. The summed E-state index contributed by atoms with van der Waals surface area (Å²) in [5.41, 5.74) is 20.0. The Labute approximate surface area is 497 Å². The van der Waals surface area contributed by atoms with Gasteiger partial charge in [-0.3, -0.25) is 4.57 Å². The van der Waals surface area contributed by atoms with Crippen LogP contribution in [-0.2, 0) is 33.4 Å². The Balaban J connectivity index is 0.964. The molecule has 1 aliphatic carbocycles. The second kappa shape index (κ2) is 20.5. The first-order valence-corrected chi connectivity index (χ1v) is 30.1. The molecule has 2 aliphatic rings. The molecule has 1 aliphatic heterocycles. The zero-order valence-electron chi connectivity index (χ0n) is 53.7. The lowest BCUT2D eigenvalue weighted by molar-refractivity contribution is 0.333. The molecule has 2 aromatic heterocycles. The van der Waals surface area contributed by atoms with Crippen LogP contribution < -0.4 is 14.5 Å². The van der Waals surface area contributed by atoms with Crippen LogP contribution in [0.2, 0.25) is 0 Å². The lowest BCUT2D eigenvalue weighted by atomic mass is 9.61. The zero-order valence-corrected chi connectivity index (χ0v) is 51.7. The number of pyridine rings is 1. The Hall–Kier alpha value is -7.89. The quantitative estimate of drug-likeness (QED) is 0.137. The van der Waals surface area contributed by atoms with Gasteiger partial charge >= 0.3 is 0 Å². The fourth-order valence-corrected chi connectivity index (χ4v) is 13.0. The molecule has 0 unspecified atom stereocenters. The fourth-order valence-electron chi connectivity index (χ4n) is 13.0. The topological polar surface area (TPSA) is 33.5 Å². The first kappa shape index (κ1) is 53.1. The molecule has 0 fully saturated rings. The Bertz CT molecular complexity index is 4190. The molecule has 0 atom stereocenters. The molecule has 83 heavy (non-hydrogen) atoms. The molecule has 0 saturated carbocycles. The number of anilines is 4. The van der Waals surface area contributed by atoms with Gasteiger partial charge in [-0.25, -0.2) is 4.98 Å². The summed E-state index contributed by atoms with van der Waals surface area (Å²) in [5.74, 6) is 1.78. The number of benzene rings is 8. The number of hydrogen-bond donors (Lipinski definition) is 0. The summed E-state index contributed by atoms with van der Waals surface area (Å²) >= 11 is 0. The monoisotopic (exact) mass is 1090 g/mol. The van der Waals surface area contributed by atoms with E-state index in [4.69, 9.17) is 9.72 Å². The van der Waals surface area contributed by atoms with Gasteiger partial charge in [0.05, 0.1) is 28.1 Å². The van der Waals surface area contributed by atoms with Gasteiger partial charge in [0, 0.05) is 54.2 Å². The summed E-state index contributed by atoms with van der Waals surface area (Å²) in [6.45, 7) is 34.6. The minimum absolute atomic E-state index is 0.000522. The van der Waals surface area contributed by atoms with Crippen LogP contribution in [0.4, 0.5) is 22.7 Å². The van der Waals surface area contributed by atoms with E-state index in [9.17, 15) is 2.74 Å². The van der Waals surface area contributed by atoms with Gasteiger partial charge in [0.2, 0.25) is 0 Å². The van der Waals surface area contributed by atoms with Crippen LogP contribution in [0, 0.1) is 5.92 Å².